The normalized spacial score (nSPS) is 21.1. The van der Waals surface area contributed by atoms with Crippen LogP contribution in [0.3, 0.4) is 0 Å². The van der Waals surface area contributed by atoms with Crippen molar-refractivity contribution in [2.24, 2.45) is 0 Å². The Balaban J connectivity index is 1.15. The smallest absolute Gasteiger partial charge is 0.253 e. The van der Waals surface area contributed by atoms with E-state index in [1.807, 2.05) is 54.3 Å². The first-order chi connectivity index (χ1) is 16.2. The summed E-state index contributed by atoms with van der Waals surface area (Å²) >= 11 is 0. The number of aryl methyl sites for hydroxylation is 1. The van der Waals surface area contributed by atoms with Gasteiger partial charge in [0.1, 0.15) is 0 Å². The molecule has 0 unspecified atom stereocenters. The Morgan fingerprint density at radius 3 is 1.76 bits per heavy atom. The van der Waals surface area contributed by atoms with E-state index in [4.69, 9.17) is 19.6 Å². The summed E-state index contributed by atoms with van der Waals surface area (Å²) < 4.78 is 0. The summed E-state index contributed by atoms with van der Waals surface area (Å²) in [5.41, 5.74) is 4.45. The molecule has 0 saturated carbocycles. The molecule has 0 bridgehead atoms. The lowest BCUT2D eigenvalue weighted by Gasteiger charge is -2.36. The number of anilines is 1. The molecular weight excluding hydrogens is 420 g/mol. The van der Waals surface area contributed by atoms with Crippen molar-refractivity contribution < 1.29 is 24.3 Å². The molecule has 0 spiro atoms. The largest absolute Gasteiger partial charge is 0.368 e. The predicted molar refractivity (Wildman–Crippen MR) is 122 cm³/mol. The molecule has 7 nitrogen and oxygen atoms in total. The number of carbonyl (C=O) groups is 1. The van der Waals surface area contributed by atoms with E-state index in [0.29, 0.717) is 24.2 Å². The van der Waals surface area contributed by atoms with Crippen LogP contribution in [-0.4, -0.2) is 37.0 Å². The number of benzene rings is 3. The third-order valence-corrected chi connectivity index (χ3v) is 5.93. The van der Waals surface area contributed by atoms with Gasteiger partial charge in [-0.1, -0.05) is 60.2 Å². The van der Waals surface area contributed by atoms with Gasteiger partial charge in [-0.25, -0.2) is 0 Å². The Kier molecular flexibility index (Phi) is 6.37. The zero-order chi connectivity index (χ0) is 22.6. The first-order valence-electron chi connectivity index (χ1n) is 11.1. The maximum Gasteiger partial charge on any atom is 0.253 e. The molecule has 5 rings (SSSR count). The summed E-state index contributed by atoms with van der Waals surface area (Å²) in [5, 5.41) is 0. The van der Waals surface area contributed by atoms with E-state index in [0.717, 1.165) is 24.2 Å². The Morgan fingerprint density at radius 2 is 1.21 bits per heavy atom. The van der Waals surface area contributed by atoms with Gasteiger partial charge < -0.3 is 9.80 Å². The van der Waals surface area contributed by atoms with Gasteiger partial charge in [0.25, 0.3) is 5.91 Å². The quantitative estimate of drug-likeness (QED) is 0.548. The molecule has 0 aromatic heterocycles. The van der Waals surface area contributed by atoms with Crippen LogP contribution in [0.2, 0.25) is 0 Å². The van der Waals surface area contributed by atoms with Crippen LogP contribution in [0, 0.1) is 6.92 Å². The second kappa shape index (κ2) is 9.72. The zero-order valence-electron chi connectivity index (χ0n) is 18.4. The van der Waals surface area contributed by atoms with Crippen LogP contribution in [0.25, 0.3) is 0 Å². The number of piperazine rings is 1. The van der Waals surface area contributed by atoms with Crippen molar-refractivity contribution in [1.29, 1.82) is 0 Å². The molecule has 3 aromatic carbocycles. The van der Waals surface area contributed by atoms with Crippen molar-refractivity contribution in [2.75, 3.05) is 31.1 Å². The molecule has 170 valence electrons. The molecule has 2 saturated heterocycles. The molecular formula is C26H26N2O5. The highest BCUT2D eigenvalue weighted by Gasteiger charge is 2.29. The van der Waals surface area contributed by atoms with Crippen molar-refractivity contribution in [1.82, 2.24) is 4.90 Å². The van der Waals surface area contributed by atoms with Gasteiger partial charge >= 0.3 is 0 Å². The van der Waals surface area contributed by atoms with E-state index in [2.05, 4.69) is 17.0 Å². The van der Waals surface area contributed by atoms with Crippen LogP contribution in [0.5, 0.6) is 0 Å². The molecule has 2 aliphatic rings. The SMILES string of the molecule is Cc1ccc(C2OOC(c3ccc(C(=O)N4CCN(c5ccccc5)CC4)cc3)OO2)cc1. The van der Waals surface area contributed by atoms with E-state index in [1.165, 1.54) is 5.69 Å². The molecule has 0 radical (unpaired) electrons. The summed E-state index contributed by atoms with van der Waals surface area (Å²) in [5.74, 6) is 0.0201. The van der Waals surface area contributed by atoms with E-state index >= 15 is 0 Å². The first kappa shape index (κ1) is 21.6. The second-order valence-corrected chi connectivity index (χ2v) is 8.20. The Bertz CT molecular complexity index is 1060. The summed E-state index contributed by atoms with van der Waals surface area (Å²) in [6.07, 6.45) is -1.58. The molecule has 0 aliphatic carbocycles. The molecule has 2 aliphatic heterocycles. The van der Waals surface area contributed by atoms with E-state index < -0.39 is 12.6 Å². The second-order valence-electron chi connectivity index (χ2n) is 8.20. The molecule has 0 N–H and O–H groups in total. The van der Waals surface area contributed by atoms with Crippen LogP contribution in [0.15, 0.2) is 78.9 Å². The summed E-state index contributed by atoms with van der Waals surface area (Å²) in [4.78, 5) is 38.6. The number of amides is 1. The van der Waals surface area contributed by atoms with Crippen LogP contribution in [-0.2, 0) is 19.6 Å². The molecule has 33 heavy (non-hydrogen) atoms. The summed E-state index contributed by atoms with van der Waals surface area (Å²) in [7, 11) is 0. The van der Waals surface area contributed by atoms with Crippen molar-refractivity contribution in [3.05, 3.63) is 101 Å². The maximum absolute atomic E-state index is 12.9. The fourth-order valence-corrected chi connectivity index (χ4v) is 3.95. The van der Waals surface area contributed by atoms with E-state index in [1.54, 1.807) is 24.3 Å². The minimum Gasteiger partial charge on any atom is -0.368 e. The fourth-order valence-electron chi connectivity index (χ4n) is 3.95. The molecule has 3 aromatic rings. The highest BCUT2D eigenvalue weighted by molar-refractivity contribution is 5.94. The Hall–Kier alpha value is -3.23. The highest BCUT2D eigenvalue weighted by Crippen LogP contribution is 2.32. The van der Waals surface area contributed by atoms with Gasteiger partial charge in [-0.05, 0) is 31.2 Å². The Morgan fingerprint density at radius 1 is 0.697 bits per heavy atom. The van der Waals surface area contributed by atoms with Crippen LogP contribution in [0.1, 0.15) is 39.6 Å². The van der Waals surface area contributed by atoms with Gasteiger partial charge in [0, 0.05) is 48.6 Å². The molecule has 2 fully saturated rings. The standard InChI is InChI=1S/C26H26N2O5/c1-19-7-9-21(10-8-19)25-30-32-26(33-31-25)22-13-11-20(12-14-22)24(29)28-17-15-27(16-18-28)23-5-3-2-4-6-23/h2-14,25-26H,15-18H2,1H3. The summed E-state index contributed by atoms with van der Waals surface area (Å²) in [6, 6.07) is 25.1. The van der Waals surface area contributed by atoms with Crippen molar-refractivity contribution in [2.45, 2.75) is 19.5 Å². The number of hydrogen-bond acceptors (Lipinski definition) is 6. The number of nitrogens with zero attached hydrogens (tertiary/aromatic N) is 2. The predicted octanol–water partition coefficient (Wildman–Crippen LogP) is 4.56. The van der Waals surface area contributed by atoms with Crippen LogP contribution < -0.4 is 4.90 Å². The van der Waals surface area contributed by atoms with Crippen molar-refractivity contribution >= 4 is 11.6 Å². The zero-order valence-corrected chi connectivity index (χ0v) is 18.4. The van der Waals surface area contributed by atoms with Gasteiger partial charge in [-0.2, -0.15) is 19.6 Å². The average Bonchev–Trinajstić information content (AvgIpc) is 2.90. The lowest BCUT2D eigenvalue weighted by atomic mass is 10.1. The molecule has 2 heterocycles. The van der Waals surface area contributed by atoms with Crippen LogP contribution in [0.4, 0.5) is 5.69 Å². The van der Waals surface area contributed by atoms with Crippen molar-refractivity contribution in [3.8, 4) is 0 Å². The van der Waals surface area contributed by atoms with Crippen LogP contribution >= 0.6 is 0 Å². The van der Waals surface area contributed by atoms with Gasteiger partial charge in [0.15, 0.2) is 0 Å². The number of para-hydroxylation sites is 1. The maximum atomic E-state index is 12.9. The number of hydrogen-bond donors (Lipinski definition) is 0. The number of rotatable bonds is 4. The van der Waals surface area contributed by atoms with Gasteiger partial charge in [0.05, 0.1) is 0 Å². The minimum atomic E-state index is -0.828. The monoisotopic (exact) mass is 446 g/mol. The lowest BCUT2D eigenvalue weighted by Crippen LogP contribution is -2.48. The van der Waals surface area contributed by atoms with Crippen molar-refractivity contribution in [3.63, 3.8) is 0 Å². The third-order valence-electron chi connectivity index (χ3n) is 5.93. The fraction of sp³-hybridized carbons (Fsp3) is 0.269. The summed E-state index contributed by atoms with van der Waals surface area (Å²) in [6.45, 7) is 5.01. The Labute approximate surface area is 192 Å². The van der Waals surface area contributed by atoms with Gasteiger partial charge in [-0.15, -0.1) is 0 Å². The average molecular weight is 447 g/mol. The van der Waals surface area contributed by atoms with E-state index in [-0.39, 0.29) is 5.91 Å². The molecule has 0 atom stereocenters. The molecule has 1 amide bonds. The molecule has 7 heteroatoms. The minimum absolute atomic E-state index is 0.0201. The highest BCUT2D eigenvalue weighted by atomic mass is 17.4. The van der Waals surface area contributed by atoms with Gasteiger partial charge in [0.2, 0.25) is 12.6 Å². The third kappa shape index (κ3) is 4.91. The topological polar surface area (TPSA) is 60.5 Å². The van der Waals surface area contributed by atoms with Gasteiger partial charge in [-0.3, -0.25) is 4.79 Å². The number of carbonyl (C=O) groups excluding carboxylic acids is 1. The first-order valence-corrected chi connectivity index (χ1v) is 11.1. The van der Waals surface area contributed by atoms with E-state index in [9.17, 15) is 4.79 Å². The lowest BCUT2D eigenvalue weighted by molar-refractivity contribution is -0.600.